The Morgan fingerprint density at radius 3 is 2.33 bits per heavy atom. The number of carbonyl (C=O) groups excluding carboxylic acids is 1. The van der Waals surface area contributed by atoms with E-state index in [1.54, 1.807) is 4.90 Å². The van der Waals surface area contributed by atoms with Crippen molar-refractivity contribution in [3.05, 3.63) is 84.2 Å². The van der Waals surface area contributed by atoms with Gasteiger partial charge in [-0.05, 0) is 30.3 Å². The third kappa shape index (κ3) is 2.19. The first-order chi connectivity index (χ1) is 11.7. The van der Waals surface area contributed by atoms with Crippen LogP contribution in [0.5, 0.6) is 0 Å². The second-order valence-corrected chi connectivity index (χ2v) is 6.11. The maximum Gasteiger partial charge on any atom is 0.257 e. The molecule has 1 aromatic heterocycles. The summed E-state index contributed by atoms with van der Waals surface area (Å²) in [7, 11) is 3.89. The zero-order chi connectivity index (χ0) is 16.7. The molecule has 4 rings (SSSR count). The van der Waals surface area contributed by atoms with E-state index in [-0.39, 0.29) is 12.1 Å². The molecule has 4 heteroatoms. The van der Waals surface area contributed by atoms with E-state index in [1.807, 2.05) is 62.8 Å². The molecule has 0 spiro atoms. The van der Waals surface area contributed by atoms with E-state index in [9.17, 15) is 4.79 Å². The largest absolute Gasteiger partial charge is 0.350 e. The fourth-order valence-electron chi connectivity index (χ4n) is 3.43. The minimum absolute atomic E-state index is 0.0566. The van der Waals surface area contributed by atoms with Crippen LogP contribution < -0.4 is 4.90 Å². The summed E-state index contributed by atoms with van der Waals surface area (Å²) in [6.45, 7) is 0. The lowest BCUT2D eigenvalue weighted by Gasteiger charge is -2.41. The standard InChI is InChI=1S/C20H19N3O/c1-21-18-11-7-6-10-17(18)20(24)22(2)19(21)15-12-13-23(14-15)16-8-4-3-5-9-16/h3-14,19H,1-2H3. The molecule has 0 radical (unpaired) electrons. The number of amides is 1. The van der Waals surface area contributed by atoms with Crippen LogP contribution in [0.25, 0.3) is 5.69 Å². The molecule has 4 nitrogen and oxygen atoms in total. The predicted octanol–water partition coefficient (Wildman–Crippen LogP) is 3.70. The van der Waals surface area contributed by atoms with Gasteiger partial charge >= 0.3 is 0 Å². The zero-order valence-corrected chi connectivity index (χ0v) is 13.8. The molecule has 24 heavy (non-hydrogen) atoms. The number of anilines is 1. The lowest BCUT2D eigenvalue weighted by molar-refractivity contribution is 0.0711. The predicted molar refractivity (Wildman–Crippen MR) is 95.4 cm³/mol. The summed E-state index contributed by atoms with van der Waals surface area (Å²) >= 11 is 0. The number of aromatic nitrogens is 1. The van der Waals surface area contributed by atoms with Gasteiger partial charge in [0, 0.05) is 37.7 Å². The first-order valence-corrected chi connectivity index (χ1v) is 7.99. The van der Waals surface area contributed by atoms with E-state index in [2.05, 4.69) is 33.9 Å². The fourth-order valence-corrected chi connectivity index (χ4v) is 3.43. The Morgan fingerprint density at radius 1 is 0.833 bits per heavy atom. The molecule has 0 bridgehead atoms. The van der Waals surface area contributed by atoms with Crippen molar-refractivity contribution in [1.82, 2.24) is 9.47 Å². The average molecular weight is 317 g/mol. The minimum Gasteiger partial charge on any atom is -0.350 e. The van der Waals surface area contributed by atoms with Crippen LogP contribution in [-0.4, -0.2) is 29.5 Å². The topological polar surface area (TPSA) is 28.5 Å². The smallest absolute Gasteiger partial charge is 0.257 e. The van der Waals surface area contributed by atoms with Gasteiger partial charge in [0.2, 0.25) is 0 Å². The molecule has 1 aliphatic heterocycles. The van der Waals surface area contributed by atoms with Crippen LogP contribution in [0.4, 0.5) is 5.69 Å². The molecule has 0 fully saturated rings. The van der Waals surface area contributed by atoms with Crippen LogP contribution in [0.1, 0.15) is 22.1 Å². The number of para-hydroxylation sites is 2. The van der Waals surface area contributed by atoms with Gasteiger partial charge < -0.3 is 14.4 Å². The Morgan fingerprint density at radius 2 is 1.54 bits per heavy atom. The van der Waals surface area contributed by atoms with Crippen molar-refractivity contribution >= 4 is 11.6 Å². The van der Waals surface area contributed by atoms with Crippen molar-refractivity contribution in [2.45, 2.75) is 6.17 Å². The number of fused-ring (bicyclic) bond motifs is 1. The summed E-state index contributed by atoms with van der Waals surface area (Å²) in [5.74, 6) is 0.0566. The van der Waals surface area contributed by atoms with Crippen molar-refractivity contribution in [2.75, 3.05) is 19.0 Å². The molecule has 1 amide bonds. The summed E-state index contributed by atoms with van der Waals surface area (Å²) in [6.07, 6.45) is 4.02. The van der Waals surface area contributed by atoms with Gasteiger partial charge in [-0.2, -0.15) is 0 Å². The van der Waals surface area contributed by atoms with Crippen molar-refractivity contribution in [2.24, 2.45) is 0 Å². The van der Waals surface area contributed by atoms with Crippen LogP contribution in [-0.2, 0) is 0 Å². The number of hydrogen-bond acceptors (Lipinski definition) is 2. The van der Waals surface area contributed by atoms with E-state index in [1.165, 1.54) is 0 Å². The normalized spacial score (nSPS) is 17.1. The monoisotopic (exact) mass is 317 g/mol. The molecular formula is C20H19N3O. The molecule has 1 aliphatic rings. The highest BCUT2D eigenvalue weighted by Crippen LogP contribution is 2.36. The SMILES string of the molecule is CN1C(=O)c2ccccc2N(C)C1c1ccn(-c2ccccc2)c1. The van der Waals surface area contributed by atoms with Gasteiger partial charge in [0.05, 0.1) is 11.3 Å². The second-order valence-electron chi connectivity index (χ2n) is 6.11. The summed E-state index contributed by atoms with van der Waals surface area (Å²) in [5.41, 5.74) is 3.92. The number of benzene rings is 2. The number of carbonyl (C=O) groups is 1. The first-order valence-electron chi connectivity index (χ1n) is 7.99. The van der Waals surface area contributed by atoms with E-state index in [0.717, 1.165) is 22.5 Å². The van der Waals surface area contributed by atoms with Gasteiger partial charge in [-0.15, -0.1) is 0 Å². The minimum atomic E-state index is -0.114. The van der Waals surface area contributed by atoms with Gasteiger partial charge in [0.1, 0.15) is 6.17 Å². The molecule has 0 saturated carbocycles. The Balaban J connectivity index is 1.75. The van der Waals surface area contributed by atoms with Gasteiger partial charge in [0.25, 0.3) is 5.91 Å². The molecule has 0 N–H and O–H groups in total. The third-order valence-corrected chi connectivity index (χ3v) is 4.64. The van der Waals surface area contributed by atoms with Gasteiger partial charge in [-0.1, -0.05) is 30.3 Å². The molecule has 120 valence electrons. The first kappa shape index (κ1) is 14.6. The average Bonchev–Trinajstić information content (AvgIpc) is 3.10. The summed E-state index contributed by atoms with van der Waals surface area (Å²) in [4.78, 5) is 16.7. The quantitative estimate of drug-likeness (QED) is 0.721. The van der Waals surface area contributed by atoms with Crippen LogP contribution in [0, 0.1) is 0 Å². The molecular weight excluding hydrogens is 298 g/mol. The second kappa shape index (κ2) is 5.57. The highest BCUT2D eigenvalue weighted by Gasteiger charge is 2.34. The maximum atomic E-state index is 12.7. The van der Waals surface area contributed by atoms with Crippen molar-refractivity contribution in [1.29, 1.82) is 0 Å². The molecule has 2 aromatic carbocycles. The molecule has 1 unspecified atom stereocenters. The van der Waals surface area contributed by atoms with Crippen molar-refractivity contribution < 1.29 is 4.79 Å². The molecule has 0 saturated heterocycles. The van der Waals surface area contributed by atoms with E-state index in [0.29, 0.717) is 0 Å². The van der Waals surface area contributed by atoms with Crippen LogP contribution in [0.3, 0.4) is 0 Å². The Bertz CT molecular complexity index is 885. The Labute approximate surface area is 141 Å². The number of hydrogen-bond donors (Lipinski definition) is 0. The van der Waals surface area contributed by atoms with Crippen molar-refractivity contribution in [3.63, 3.8) is 0 Å². The van der Waals surface area contributed by atoms with Gasteiger partial charge in [-0.3, -0.25) is 4.79 Å². The molecule has 1 atom stereocenters. The highest BCUT2D eigenvalue weighted by atomic mass is 16.2. The fraction of sp³-hybridized carbons (Fsp3) is 0.150. The van der Waals surface area contributed by atoms with Crippen LogP contribution in [0.2, 0.25) is 0 Å². The molecule has 0 aliphatic carbocycles. The van der Waals surface area contributed by atoms with Gasteiger partial charge in [0.15, 0.2) is 0 Å². The maximum absolute atomic E-state index is 12.7. The molecule has 3 aromatic rings. The lowest BCUT2D eigenvalue weighted by atomic mass is 10.0. The summed E-state index contributed by atoms with van der Waals surface area (Å²) < 4.78 is 2.09. The summed E-state index contributed by atoms with van der Waals surface area (Å²) in [5, 5.41) is 0. The van der Waals surface area contributed by atoms with E-state index >= 15 is 0 Å². The summed E-state index contributed by atoms with van der Waals surface area (Å²) in [6, 6.07) is 20.0. The Kier molecular flexibility index (Phi) is 3.38. The van der Waals surface area contributed by atoms with Crippen LogP contribution in [0.15, 0.2) is 73.1 Å². The lowest BCUT2D eigenvalue weighted by Crippen LogP contribution is -2.45. The number of rotatable bonds is 2. The van der Waals surface area contributed by atoms with E-state index in [4.69, 9.17) is 0 Å². The molecule has 2 heterocycles. The highest BCUT2D eigenvalue weighted by molar-refractivity contribution is 6.01. The van der Waals surface area contributed by atoms with Crippen LogP contribution >= 0.6 is 0 Å². The third-order valence-electron chi connectivity index (χ3n) is 4.64. The Hall–Kier alpha value is -3.01. The zero-order valence-electron chi connectivity index (χ0n) is 13.8. The van der Waals surface area contributed by atoms with Gasteiger partial charge in [-0.25, -0.2) is 0 Å². The van der Waals surface area contributed by atoms with Crippen molar-refractivity contribution in [3.8, 4) is 5.69 Å². The van der Waals surface area contributed by atoms with E-state index < -0.39 is 0 Å². The number of nitrogens with zero attached hydrogens (tertiary/aromatic N) is 3.